The second-order valence-electron chi connectivity index (χ2n) is 13.4. The Morgan fingerprint density at radius 3 is 1.67 bits per heavy atom. The van der Waals surface area contributed by atoms with Gasteiger partial charge in [0.05, 0.1) is 12.2 Å². The normalized spacial score (nSPS) is 13.0. The van der Waals surface area contributed by atoms with E-state index in [0.717, 1.165) is 22.3 Å². The summed E-state index contributed by atoms with van der Waals surface area (Å²) in [7, 11) is 1.57. The largest absolute Gasteiger partial charge is 0.449 e. The first kappa shape index (κ1) is 35.1. The summed E-state index contributed by atoms with van der Waals surface area (Å²) >= 11 is 0. The van der Waals surface area contributed by atoms with Gasteiger partial charge in [0, 0.05) is 35.2 Å². The van der Waals surface area contributed by atoms with Gasteiger partial charge in [-0.05, 0) is 55.2 Å². The second-order valence-corrected chi connectivity index (χ2v) is 13.4. The van der Waals surface area contributed by atoms with Crippen molar-refractivity contribution in [3.8, 4) is 11.1 Å². The average Bonchev–Trinajstić information content (AvgIpc) is 3.48. The first-order valence-electron chi connectivity index (χ1n) is 17.0. The number of hydrogen-bond acceptors (Lipinski definition) is 6. The number of rotatable bonds is 11. The van der Waals surface area contributed by atoms with E-state index in [0.29, 0.717) is 22.3 Å². The molecule has 0 fully saturated rings. The van der Waals surface area contributed by atoms with Gasteiger partial charge in [-0.1, -0.05) is 121 Å². The molecule has 1 aliphatic carbocycles. The van der Waals surface area contributed by atoms with Crippen molar-refractivity contribution in [1.82, 2.24) is 10.6 Å². The minimum Gasteiger partial charge on any atom is -0.449 e. The highest BCUT2D eigenvalue weighted by molar-refractivity contribution is 5.94. The summed E-state index contributed by atoms with van der Waals surface area (Å²) in [6.45, 7) is 5.53. The maximum atomic E-state index is 14.5. The van der Waals surface area contributed by atoms with Crippen LogP contribution in [0.1, 0.15) is 64.9 Å². The molecule has 8 heteroatoms. The van der Waals surface area contributed by atoms with Crippen molar-refractivity contribution in [1.29, 1.82) is 0 Å². The van der Waals surface area contributed by atoms with Crippen molar-refractivity contribution >= 4 is 18.0 Å². The van der Waals surface area contributed by atoms with Gasteiger partial charge in [-0.3, -0.25) is 4.79 Å². The molecule has 0 saturated heterocycles. The fourth-order valence-electron chi connectivity index (χ4n) is 6.53. The van der Waals surface area contributed by atoms with Crippen molar-refractivity contribution in [3.05, 3.63) is 167 Å². The van der Waals surface area contributed by atoms with Gasteiger partial charge >= 0.3 is 12.1 Å². The van der Waals surface area contributed by atoms with Crippen molar-refractivity contribution in [2.45, 2.75) is 43.9 Å². The van der Waals surface area contributed by atoms with Gasteiger partial charge in [-0.25, -0.2) is 9.59 Å². The van der Waals surface area contributed by atoms with Crippen LogP contribution < -0.4 is 10.6 Å². The van der Waals surface area contributed by atoms with E-state index < -0.39 is 29.3 Å². The van der Waals surface area contributed by atoms with Crippen molar-refractivity contribution < 1.29 is 28.6 Å². The van der Waals surface area contributed by atoms with E-state index in [-0.39, 0.29) is 25.0 Å². The number of amides is 2. The summed E-state index contributed by atoms with van der Waals surface area (Å²) in [5.74, 6) is -1.12. The van der Waals surface area contributed by atoms with Gasteiger partial charge in [0.15, 0.2) is 11.6 Å². The lowest BCUT2D eigenvalue weighted by molar-refractivity contribution is -0.159. The fourth-order valence-corrected chi connectivity index (χ4v) is 6.53. The molecule has 0 aromatic heterocycles. The minimum absolute atomic E-state index is 0.0808. The van der Waals surface area contributed by atoms with Crippen LogP contribution in [0.15, 0.2) is 133 Å². The third-order valence-electron chi connectivity index (χ3n) is 9.00. The van der Waals surface area contributed by atoms with E-state index in [9.17, 15) is 14.4 Å². The molecule has 51 heavy (non-hydrogen) atoms. The highest BCUT2D eigenvalue weighted by Gasteiger charge is 2.43. The zero-order valence-electron chi connectivity index (χ0n) is 29.2. The Balaban J connectivity index is 1.32. The highest BCUT2D eigenvalue weighted by atomic mass is 16.6. The Labute approximate surface area is 298 Å². The predicted octanol–water partition coefficient (Wildman–Crippen LogP) is 7.60. The maximum Gasteiger partial charge on any atom is 0.407 e. The van der Waals surface area contributed by atoms with E-state index >= 15 is 0 Å². The molecule has 8 nitrogen and oxygen atoms in total. The smallest absolute Gasteiger partial charge is 0.407 e. The summed E-state index contributed by atoms with van der Waals surface area (Å²) in [5, 5.41) is 5.40. The van der Waals surface area contributed by atoms with E-state index in [1.807, 2.05) is 118 Å². The van der Waals surface area contributed by atoms with Crippen LogP contribution in [-0.4, -0.2) is 49.9 Å². The van der Waals surface area contributed by atoms with E-state index in [1.54, 1.807) is 31.3 Å². The van der Waals surface area contributed by atoms with Gasteiger partial charge in [0.25, 0.3) is 5.91 Å². The number of benzene rings is 5. The molecular weight excluding hydrogens is 640 g/mol. The highest BCUT2D eigenvalue weighted by Crippen LogP contribution is 2.45. The molecule has 1 atom stereocenters. The molecule has 0 unspecified atom stereocenters. The monoisotopic (exact) mass is 682 g/mol. The van der Waals surface area contributed by atoms with Crippen molar-refractivity contribution in [3.63, 3.8) is 0 Å². The van der Waals surface area contributed by atoms with Crippen LogP contribution in [0.25, 0.3) is 11.1 Å². The first-order valence-corrected chi connectivity index (χ1v) is 17.0. The van der Waals surface area contributed by atoms with Gasteiger partial charge in [0.2, 0.25) is 0 Å². The van der Waals surface area contributed by atoms with Crippen LogP contribution >= 0.6 is 0 Å². The van der Waals surface area contributed by atoms with E-state index in [4.69, 9.17) is 14.2 Å². The zero-order chi connectivity index (χ0) is 36.0. The van der Waals surface area contributed by atoms with Crippen LogP contribution in [-0.2, 0) is 24.6 Å². The summed E-state index contributed by atoms with van der Waals surface area (Å²) < 4.78 is 18.5. The van der Waals surface area contributed by atoms with Crippen LogP contribution in [0.4, 0.5) is 4.79 Å². The Bertz CT molecular complexity index is 1900. The SMILES string of the molecule is CNC(=O)c1ccc(C(OC(=O)[C@@H](COC(C)(C)C)NC(=O)OCC2c3ccccc3-c3ccccc32)(c2ccccc2)c2ccccc2)cc1. The number of ether oxygens (including phenoxy) is 3. The zero-order valence-corrected chi connectivity index (χ0v) is 29.2. The number of carbonyl (C=O) groups excluding carboxylic acids is 3. The van der Waals surface area contributed by atoms with Crippen molar-refractivity contribution in [2.75, 3.05) is 20.3 Å². The van der Waals surface area contributed by atoms with Gasteiger partial charge < -0.3 is 24.8 Å². The Hall–Kier alpha value is -5.73. The number of alkyl carbamates (subject to hydrolysis) is 1. The molecular formula is C43H42N2O6. The molecule has 5 aromatic rings. The Kier molecular flexibility index (Phi) is 10.3. The van der Waals surface area contributed by atoms with Crippen LogP contribution in [0.3, 0.4) is 0 Å². The van der Waals surface area contributed by atoms with E-state index in [2.05, 4.69) is 22.8 Å². The molecule has 0 bridgehead atoms. The average molecular weight is 683 g/mol. The van der Waals surface area contributed by atoms with Crippen LogP contribution in [0, 0.1) is 0 Å². The summed E-state index contributed by atoms with van der Waals surface area (Å²) in [5.41, 5.74) is 4.73. The number of hydrogen-bond donors (Lipinski definition) is 2. The maximum absolute atomic E-state index is 14.5. The molecule has 5 aromatic carbocycles. The summed E-state index contributed by atoms with van der Waals surface area (Å²) in [4.78, 5) is 40.5. The number of esters is 1. The molecule has 2 N–H and O–H groups in total. The third-order valence-corrected chi connectivity index (χ3v) is 9.00. The van der Waals surface area contributed by atoms with E-state index in [1.165, 1.54) is 0 Å². The molecule has 0 saturated carbocycles. The van der Waals surface area contributed by atoms with Gasteiger partial charge in [-0.15, -0.1) is 0 Å². The fraction of sp³-hybridized carbons (Fsp3) is 0.233. The van der Waals surface area contributed by atoms with Gasteiger partial charge in [0.1, 0.15) is 6.61 Å². The molecule has 0 heterocycles. The molecule has 2 amide bonds. The third kappa shape index (κ3) is 7.56. The second kappa shape index (κ2) is 15.0. The standard InChI is InChI=1S/C43H42N2O6/c1-42(2,3)50-28-38(45-41(48)49-27-37-35-21-13-11-19-33(35)34-20-12-14-22-36(34)37)40(47)51-43(30-15-7-5-8-16-30,31-17-9-6-10-18-31)32-25-23-29(24-26-32)39(46)44-4/h5-26,37-38H,27-28H2,1-4H3,(H,44,46)(H,45,48)/t38-/m1/s1. The first-order chi connectivity index (χ1) is 24.6. The van der Waals surface area contributed by atoms with Crippen LogP contribution in [0.2, 0.25) is 0 Å². The Morgan fingerprint density at radius 1 is 0.667 bits per heavy atom. The molecule has 0 aliphatic heterocycles. The molecule has 260 valence electrons. The molecule has 0 radical (unpaired) electrons. The minimum atomic E-state index is -1.45. The molecule has 0 spiro atoms. The number of nitrogens with one attached hydrogen (secondary N) is 2. The number of fused-ring (bicyclic) bond motifs is 3. The lowest BCUT2D eigenvalue weighted by Crippen LogP contribution is -2.49. The summed E-state index contributed by atoms with van der Waals surface area (Å²) in [6.07, 6.45) is -0.767. The quantitative estimate of drug-likeness (QED) is 0.110. The molecule has 6 rings (SSSR count). The predicted molar refractivity (Wildman–Crippen MR) is 196 cm³/mol. The molecule has 1 aliphatic rings. The topological polar surface area (TPSA) is 103 Å². The lowest BCUT2D eigenvalue weighted by atomic mass is 9.79. The lowest BCUT2D eigenvalue weighted by Gasteiger charge is -2.36. The summed E-state index contributed by atoms with van der Waals surface area (Å²) in [6, 6.07) is 40.7. The Morgan fingerprint density at radius 2 is 1.16 bits per heavy atom. The van der Waals surface area contributed by atoms with Gasteiger partial charge in [-0.2, -0.15) is 0 Å². The van der Waals surface area contributed by atoms with Crippen molar-refractivity contribution in [2.24, 2.45) is 0 Å². The number of carbonyl (C=O) groups is 3. The van der Waals surface area contributed by atoms with Crippen LogP contribution in [0.5, 0.6) is 0 Å².